The first kappa shape index (κ1) is 20.4. The van der Waals surface area contributed by atoms with Gasteiger partial charge in [0.15, 0.2) is 0 Å². The van der Waals surface area contributed by atoms with Crippen LogP contribution in [0.15, 0.2) is 47.4 Å². The van der Waals surface area contributed by atoms with E-state index in [9.17, 15) is 13.2 Å². The van der Waals surface area contributed by atoms with Crippen molar-refractivity contribution in [3.63, 3.8) is 0 Å². The van der Waals surface area contributed by atoms with E-state index in [4.69, 9.17) is 9.47 Å². The highest BCUT2D eigenvalue weighted by Crippen LogP contribution is 2.31. The summed E-state index contributed by atoms with van der Waals surface area (Å²) in [7, 11) is -2.23. The highest BCUT2D eigenvalue weighted by Gasteiger charge is 2.27. The van der Waals surface area contributed by atoms with Crippen LogP contribution in [-0.2, 0) is 14.8 Å². The third-order valence-corrected chi connectivity index (χ3v) is 7.04. The lowest BCUT2D eigenvalue weighted by Gasteiger charge is -2.26. The first-order valence-corrected chi connectivity index (χ1v) is 11.0. The van der Waals surface area contributed by atoms with Crippen LogP contribution in [0.4, 0.5) is 5.69 Å². The van der Waals surface area contributed by atoms with E-state index in [-0.39, 0.29) is 10.8 Å². The second-order valence-corrected chi connectivity index (χ2v) is 8.94. The zero-order chi connectivity index (χ0) is 21.3. The summed E-state index contributed by atoms with van der Waals surface area (Å²) in [4.78, 5) is 16.4. The van der Waals surface area contributed by atoms with Crippen molar-refractivity contribution in [2.24, 2.45) is 0 Å². The van der Waals surface area contributed by atoms with E-state index in [1.165, 1.54) is 23.5 Å². The Morgan fingerprint density at radius 3 is 2.63 bits per heavy atom. The van der Waals surface area contributed by atoms with Gasteiger partial charge in [0.1, 0.15) is 5.75 Å². The fourth-order valence-corrected chi connectivity index (χ4v) is 5.07. The van der Waals surface area contributed by atoms with Crippen molar-refractivity contribution in [1.82, 2.24) is 9.29 Å². The van der Waals surface area contributed by atoms with E-state index in [0.717, 1.165) is 16.6 Å². The standard InChI is InChI=1S/C21H23N3O5S/c1-14-20(16-5-3-4-6-17(16)22-14)21(25)23-18-13-15(7-8-19(18)28-2)30(26,27)24-9-11-29-12-10-24/h3-8,13,22H,9-12H2,1-2H3,(H,23,25). The Balaban J connectivity index is 1.69. The van der Waals surface area contributed by atoms with E-state index in [1.807, 2.05) is 31.2 Å². The van der Waals surface area contributed by atoms with E-state index in [2.05, 4.69) is 10.3 Å². The van der Waals surface area contributed by atoms with Crippen LogP contribution in [0, 0.1) is 6.92 Å². The second-order valence-electron chi connectivity index (χ2n) is 7.00. The van der Waals surface area contributed by atoms with Gasteiger partial charge in [0.05, 0.1) is 36.5 Å². The first-order chi connectivity index (χ1) is 14.4. The van der Waals surface area contributed by atoms with Gasteiger partial charge in [-0.05, 0) is 31.2 Å². The Morgan fingerprint density at radius 1 is 1.17 bits per heavy atom. The van der Waals surface area contributed by atoms with Crippen LogP contribution in [0.5, 0.6) is 5.75 Å². The molecule has 1 amide bonds. The molecule has 30 heavy (non-hydrogen) atoms. The predicted molar refractivity (Wildman–Crippen MR) is 114 cm³/mol. The van der Waals surface area contributed by atoms with Crippen LogP contribution < -0.4 is 10.1 Å². The number of aromatic nitrogens is 1. The second kappa shape index (κ2) is 8.10. The van der Waals surface area contributed by atoms with Gasteiger partial charge in [-0.15, -0.1) is 0 Å². The third kappa shape index (κ3) is 3.67. The fraction of sp³-hybridized carbons (Fsp3) is 0.286. The SMILES string of the molecule is COc1ccc(S(=O)(=O)N2CCOCC2)cc1NC(=O)c1c(C)[nH]c2ccccc12. The molecule has 0 radical (unpaired) electrons. The molecular weight excluding hydrogens is 406 g/mol. The van der Waals surface area contributed by atoms with Gasteiger partial charge < -0.3 is 19.8 Å². The molecule has 2 N–H and O–H groups in total. The van der Waals surface area contributed by atoms with Crippen LogP contribution in [0.2, 0.25) is 0 Å². The smallest absolute Gasteiger partial charge is 0.258 e. The Hall–Kier alpha value is -2.88. The number of hydrogen-bond donors (Lipinski definition) is 2. The Kier molecular flexibility index (Phi) is 5.50. The number of H-pyrrole nitrogens is 1. The molecule has 4 rings (SSSR count). The zero-order valence-corrected chi connectivity index (χ0v) is 17.6. The molecule has 0 bridgehead atoms. The molecule has 1 fully saturated rings. The van der Waals surface area contributed by atoms with E-state index >= 15 is 0 Å². The van der Waals surface area contributed by atoms with Gasteiger partial charge in [-0.3, -0.25) is 4.79 Å². The summed E-state index contributed by atoms with van der Waals surface area (Å²) in [6.45, 7) is 3.14. The largest absolute Gasteiger partial charge is 0.495 e. The Bertz CT molecular complexity index is 1200. The molecule has 1 aliphatic heterocycles. The monoisotopic (exact) mass is 429 g/mol. The number of hydrogen-bond acceptors (Lipinski definition) is 5. The van der Waals surface area contributed by atoms with Gasteiger partial charge in [-0.1, -0.05) is 18.2 Å². The van der Waals surface area contributed by atoms with Crippen LogP contribution in [0.3, 0.4) is 0 Å². The number of nitrogens with one attached hydrogen (secondary N) is 2. The van der Waals surface area contributed by atoms with Crippen molar-refractivity contribution in [1.29, 1.82) is 0 Å². The lowest BCUT2D eigenvalue weighted by atomic mass is 10.1. The highest BCUT2D eigenvalue weighted by molar-refractivity contribution is 7.89. The number of aryl methyl sites for hydroxylation is 1. The molecule has 0 unspecified atom stereocenters. The van der Waals surface area contributed by atoms with Crippen LogP contribution in [-0.4, -0.2) is 57.0 Å². The maximum atomic E-state index is 13.1. The molecule has 0 atom stereocenters. The Labute approximate surface area is 174 Å². The average Bonchev–Trinajstić information content (AvgIpc) is 3.10. The van der Waals surface area contributed by atoms with Crippen molar-refractivity contribution >= 4 is 32.5 Å². The van der Waals surface area contributed by atoms with E-state index in [1.54, 1.807) is 6.07 Å². The van der Waals surface area contributed by atoms with Gasteiger partial charge in [-0.2, -0.15) is 4.31 Å². The number of rotatable bonds is 5. The van der Waals surface area contributed by atoms with Crippen LogP contribution >= 0.6 is 0 Å². The summed E-state index contributed by atoms with van der Waals surface area (Å²) < 4.78 is 38.0. The molecule has 3 aromatic rings. The maximum Gasteiger partial charge on any atom is 0.258 e. The summed E-state index contributed by atoms with van der Waals surface area (Å²) in [6.07, 6.45) is 0. The summed E-state index contributed by atoms with van der Waals surface area (Å²) in [5.74, 6) is 0.0333. The van der Waals surface area contributed by atoms with Gasteiger partial charge in [0, 0.05) is 29.7 Å². The van der Waals surface area contributed by atoms with Crippen molar-refractivity contribution in [3.8, 4) is 5.75 Å². The molecule has 8 nitrogen and oxygen atoms in total. The maximum absolute atomic E-state index is 13.1. The van der Waals surface area contributed by atoms with Gasteiger partial charge >= 0.3 is 0 Å². The number of carbonyl (C=O) groups is 1. The van der Waals surface area contributed by atoms with E-state index < -0.39 is 10.0 Å². The number of amides is 1. The number of morpholine rings is 1. The molecule has 0 spiro atoms. The van der Waals surface area contributed by atoms with Gasteiger partial charge in [0.25, 0.3) is 5.91 Å². The molecule has 158 valence electrons. The molecular formula is C21H23N3O5S. The number of sulfonamides is 1. The molecule has 2 aromatic carbocycles. The first-order valence-electron chi connectivity index (χ1n) is 9.56. The lowest BCUT2D eigenvalue weighted by Crippen LogP contribution is -2.40. The summed E-state index contributed by atoms with van der Waals surface area (Å²) in [5.41, 5.74) is 2.39. The number of methoxy groups -OCH3 is 1. The van der Waals surface area contributed by atoms with Gasteiger partial charge in [-0.25, -0.2) is 8.42 Å². The topological polar surface area (TPSA) is 101 Å². The number of carbonyl (C=O) groups excluding carboxylic acids is 1. The fourth-order valence-electron chi connectivity index (χ4n) is 3.64. The number of nitrogens with zero attached hydrogens (tertiary/aromatic N) is 1. The molecule has 1 aliphatic rings. The number of aromatic amines is 1. The van der Waals surface area contributed by atoms with Crippen molar-refractivity contribution in [2.45, 2.75) is 11.8 Å². The van der Waals surface area contributed by atoms with E-state index in [0.29, 0.717) is 43.3 Å². The number of ether oxygens (including phenoxy) is 2. The molecule has 0 aliphatic carbocycles. The summed E-state index contributed by atoms with van der Waals surface area (Å²) >= 11 is 0. The zero-order valence-electron chi connectivity index (χ0n) is 16.8. The summed E-state index contributed by atoms with van der Waals surface area (Å²) in [6, 6.07) is 12.0. The number of fused-ring (bicyclic) bond motifs is 1. The molecule has 9 heteroatoms. The van der Waals surface area contributed by atoms with Crippen molar-refractivity contribution in [2.75, 3.05) is 38.7 Å². The minimum atomic E-state index is -3.70. The molecule has 1 saturated heterocycles. The normalized spacial score (nSPS) is 15.3. The summed E-state index contributed by atoms with van der Waals surface area (Å²) in [5, 5.41) is 3.62. The minimum Gasteiger partial charge on any atom is -0.495 e. The van der Waals surface area contributed by atoms with Crippen LogP contribution in [0.25, 0.3) is 10.9 Å². The Morgan fingerprint density at radius 2 is 1.90 bits per heavy atom. The number of benzene rings is 2. The number of anilines is 1. The highest BCUT2D eigenvalue weighted by atomic mass is 32.2. The van der Waals surface area contributed by atoms with Crippen molar-refractivity contribution in [3.05, 3.63) is 53.7 Å². The minimum absolute atomic E-state index is 0.0937. The average molecular weight is 429 g/mol. The van der Waals surface area contributed by atoms with Crippen LogP contribution in [0.1, 0.15) is 16.1 Å². The lowest BCUT2D eigenvalue weighted by molar-refractivity contribution is 0.0730. The molecule has 1 aromatic heterocycles. The van der Waals surface area contributed by atoms with Crippen molar-refractivity contribution < 1.29 is 22.7 Å². The molecule has 0 saturated carbocycles. The number of para-hydroxylation sites is 1. The predicted octanol–water partition coefficient (Wildman–Crippen LogP) is 2.76. The molecule has 2 heterocycles. The quantitative estimate of drug-likeness (QED) is 0.650. The van der Waals surface area contributed by atoms with Gasteiger partial charge in [0.2, 0.25) is 10.0 Å². The third-order valence-electron chi connectivity index (χ3n) is 5.15.